The summed E-state index contributed by atoms with van der Waals surface area (Å²) < 4.78 is 11.3. The number of carbonyl (C=O) groups is 2. The lowest BCUT2D eigenvalue weighted by Gasteiger charge is -2.29. The third-order valence-corrected chi connectivity index (χ3v) is 9.62. The van der Waals surface area contributed by atoms with Crippen LogP contribution in [0.5, 0.6) is 23.0 Å². The van der Waals surface area contributed by atoms with Gasteiger partial charge in [-0.25, -0.2) is 0 Å². The largest absolute Gasteiger partial charge is 0.507 e. The van der Waals surface area contributed by atoms with E-state index in [2.05, 4.69) is 66.0 Å². The first-order chi connectivity index (χ1) is 26.2. The number of ketones is 2. The number of hydrogen-bond donors (Lipinski definition) is 4. The van der Waals surface area contributed by atoms with Crippen molar-refractivity contribution in [2.45, 2.75) is 91.9 Å². The molecule has 300 valence electrons. The number of phenolic OH excluding ortho intramolecular Hbond substituents is 2. The van der Waals surface area contributed by atoms with Crippen LogP contribution in [0, 0.1) is 0 Å². The lowest BCUT2D eigenvalue weighted by Crippen LogP contribution is -2.18. The van der Waals surface area contributed by atoms with Gasteiger partial charge >= 0.3 is 0 Å². The molecule has 4 aromatic carbocycles. The molecule has 4 N–H and O–H groups in total. The molecule has 0 spiro atoms. The SMILES string of the molecule is CNc1ccc(C(=O)C=Cc2c(O)c(C(C)(C)C)cc(C(C)(C)C)c2OC)cc1.CNc1ccc(C(=O)C=Cc2c(O)c(C(C)C)cc(C(C)C)c2OC)cc1. The van der Waals surface area contributed by atoms with Crippen LogP contribution in [0.25, 0.3) is 12.2 Å². The van der Waals surface area contributed by atoms with Gasteiger partial charge in [0, 0.05) is 47.7 Å². The molecule has 0 unspecified atom stereocenters. The number of aromatic hydroxyl groups is 2. The Morgan fingerprint density at radius 2 is 0.982 bits per heavy atom. The third kappa shape index (κ3) is 10.8. The summed E-state index contributed by atoms with van der Waals surface area (Å²) in [7, 11) is 6.85. The van der Waals surface area contributed by atoms with Gasteiger partial charge in [-0.05, 0) is 119 Å². The maximum Gasteiger partial charge on any atom is 0.185 e. The molecular weight excluding hydrogens is 701 g/mol. The number of hydrogen-bond acceptors (Lipinski definition) is 8. The van der Waals surface area contributed by atoms with Crippen molar-refractivity contribution in [1.29, 1.82) is 0 Å². The van der Waals surface area contributed by atoms with Gasteiger partial charge in [0.2, 0.25) is 0 Å². The van der Waals surface area contributed by atoms with E-state index in [9.17, 15) is 19.8 Å². The molecule has 0 amide bonds. The van der Waals surface area contributed by atoms with Crippen molar-refractivity contribution >= 4 is 35.1 Å². The Labute approximate surface area is 334 Å². The molecule has 4 rings (SSSR count). The topological polar surface area (TPSA) is 117 Å². The Morgan fingerprint density at radius 1 is 0.589 bits per heavy atom. The van der Waals surface area contributed by atoms with Gasteiger partial charge in [-0.15, -0.1) is 0 Å². The Kier molecular flexibility index (Phi) is 15.1. The Balaban J connectivity index is 0.000000301. The predicted molar refractivity (Wildman–Crippen MR) is 234 cm³/mol. The summed E-state index contributed by atoms with van der Waals surface area (Å²) in [6.45, 7) is 20.7. The molecule has 0 saturated carbocycles. The second kappa shape index (κ2) is 18.9. The standard InChI is InChI=1S/C25H33NO3.C23H29NO3/c1-24(2,3)19-15-20(25(4,5)6)23(29-8)18(22(19)28)13-14-21(27)16-9-11-17(26-7)12-10-16;1-14(2)19-13-20(15(3)4)23(27-6)18(22(19)26)11-12-21(25)16-7-9-17(24-5)10-8-16/h9-15,26,28H,1-8H3;7-15,24,26H,1-6H3. The fourth-order valence-electron chi connectivity index (χ4n) is 6.26. The highest BCUT2D eigenvalue weighted by Crippen LogP contribution is 2.45. The summed E-state index contributed by atoms with van der Waals surface area (Å²) in [5.41, 5.74) is 7.39. The fraction of sp³-hybridized carbons (Fsp3) is 0.375. The minimum absolute atomic E-state index is 0.125. The average molecular weight is 763 g/mol. The van der Waals surface area contributed by atoms with Crippen LogP contribution in [0.15, 0.2) is 72.8 Å². The van der Waals surface area contributed by atoms with Gasteiger partial charge in [0.15, 0.2) is 11.6 Å². The number of methoxy groups -OCH3 is 2. The van der Waals surface area contributed by atoms with Crippen molar-refractivity contribution in [2.24, 2.45) is 0 Å². The van der Waals surface area contributed by atoms with Gasteiger partial charge in [-0.3, -0.25) is 9.59 Å². The van der Waals surface area contributed by atoms with Crippen LogP contribution in [-0.2, 0) is 10.8 Å². The van der Waals surface area contributed by atoms with Gasteiger partial charge in [0.25, 0.3) is 0 Å². The van der Waals surface area contributed by atoms with Crippen LogP contribution in [0.2, 0.25) is 0 Å². The van der Waals surface area contributed by atoms with Crippen molar-refractivity contribution < 1.29 is 29.3 Å². The monoisotopic (exact) mass is 762 g/mol. The van der Waals surface area contributed by atoms with E-state index in [1.165, 1.54) is 12.2 Å². The van der Waals surface area contributed by atoms with Crippen LogP contribution in [0.3, 0.4) is 0 Å². The normalized spacial score (nSPS) is 11.9. The van der Waals surface area contributed by atoms with E-state index in [1.54, 1.807) is 50.6 Å². The molecule has 0 aromatic heterocycles. The molecule has 0 saturated heterocycles. The summed E-state index contributed by atoms with van der Waals surface area (Å²) in [5.74, 6) is 1.66. The number of nitrogens with one attached hydrogen (secondary N) is 2. The number of carbonyl (C=O) groups excluding carboxylic acids is 2. The third-order valence-electron chi connectivity index (χ3n) is 9.62. The summed E-state index contributed by atoms with van der Waals surface area (Å²) >= 11 is 0. The van der Waals surface area contributed by atoms with Gasteiger partial charge in [0.05, 0.1) is 25.3 Å². The lowest BCUT2D eigenvalue weighted by atomic mass is 9.78. The molecule has 56 heavy (non-hydrogen) atoms. The molecule has 8 heteroatoms. The number of ether oxygens (including phenoxy) is 2. The van der Waals surface area contributed by atoms with Crippen molar-refractivity contribution in [3.8, 4) is 23.0 Å². The summed E-state index contributed by atoms with van der Waals surface area (Å²) in [4.78, 5) is 25.2. The van der Waals surface area contributed by atoms with Crippen LogP contribution in [0.4, 0.5) is 11.4 Å². The molecule has 0 radical (unpaired) electrons. The number of rotatable bonds is 12. The molecule has 0 aliphatic rings. The van der Waals surface area contributed by atoms with E-state index < -0.39 is 0 Å². The summed E-state index contributed by atoms with van der Waals surface area (Å²) in [5, 5.41) is 27.9. The zero-order chi connectivity index (χ0) is 42.1. The van der Waals surface area contributed by atoms with E-state index in [0.717, 1.165) is 33.6 Å². The highest BCUT2D eigenvalue weighted by atomic mass is 16.5. The Bertz CT molecular complexity index is 2040. The highest BCUT2D eigenvalue weighted by molar-refractivity contribution is 6.08. The number of allylic oxidation sites excluding steroid dienone is 2. The highest BCUT2D eigenvalue weighted by Gasteiger charge is 2.29. The Morgan fingerprint density at radius 3 is 1.32 bits per heavy atom. The first kappa shape index (κ1) is 44.9. The quantitative estimate of drug-likeness (QED) is 0.0832. The maximum atomic E-state index is 12.7. The first-order valence-electron chi connectivity index (χ1n) is 19.1. The fourth-order valence-corrected chi connectivity index (χ4v) is 6.26. The van der Waals surface area contributed by atoms with Crippen LogP contribution in [0.1, 0.15) is 135 Å². The zero-order valence-corrected chi connectivity index (χ0v) is 35.8. The van der Waals surface area contributed by atoms with Crippen LogP contribution >= 0.6 is 0 Å². The second-order valence-electron chi connectivity index (χ2n) is 16.5. The van der Waals surface area contributed by atoms with Gasteiger partial charge in [-0.2, -0.15) is 0 Å². The molecule has 4 aromatic rings. The number of phenols is 2. The van der Waals surface area contributed by atoms with Crippen LogP contribution in [-0.4, -0.2) is 50.1 Å². The maximum absolute atomic E-state index is 12.7. The minimum Gasteiger partial charge on any atom is -0.507 e. The number of benzene rings is 4. The first-order valence-corrected chi connectivity index (χ1v) is 19.1. The smallest absolute Gasteiger partial charge is 0.185 e. The van der Waals surface area contributed by atoms with Crippen molar-refractivity contribution in [3.63, 3.8) is 0 Å². The molecule has 0 aliphatic carbocycles. The van der Waals surface area contributed by atoms with Crippen molar-refractivity contribution in [3.05, 3.63) is 117 Å². The number of anilines is 2. The van der Waals surface area contributed by atoms with E-state index in [0.29, 0.717) is 33.8 Å². The van der Waals surface area contributed by atoms with Gasteiger partial charge in [-0.1, -0.05) is 69.2 Å². The zero-order valence-electron chi connectivity index (χ0n) is 35.8. The molecule has 0 heterocycles. The minimum atomic E-state index is -0.258. The molecule has 0 aliphatic heterocycles. The summed E-state index contributed by atoms with van der Waals surface area (Å²) in [6.07, 6.45) is 6.29. The van der Waals surface area contributed by atoms with Crippen LogP contribution < -0.4 is 20.1 Å². The van der Waals surface area contributed by atoms with E-state index in [4.69, 9.17) is 9.47 Å². The van der Waals surface area contributed by atoms with E-state index in [-0.39, 0.29) is 45.7 Å². The van der Waals surface area contributed by atoms with E-state index in [1.807, 2.05) is 64.3 Å². The Hall–Kier alpha value is -5.50. The average Bonchev–Trinajstić information content (AvgIpc) is 3.15. The second-order valence-corrected chi connectivity index (χ2v) is 16.5. The van der Waals surface area contributed by atoms with Gasteiger partial charge in [0.1, 0.15) is 23.0 Å². The summed E-state index contributed by atoms with van der Waals surface area (Å²) in [6, 6.07) is 18.6. The van der Waals surface area contributed by atoms with E-state index >= 15 is 0 Å². The molecule has 8 nitrogen and oxygen atoms in total. The molecule has 0 atom stereocenters. The molecule has 0 bridgehead atoms. The van der Waals surface area contributed by atoms with Gasteiger partial charge < -0.3 is 30.3 Å². The molecular formula is C48H62N2O6. The lowest BCUT2D eigenvalue weighted by molar-refractivity contribution is 0.103. The molecule has 0 fully saturated rings. The predicted octanol–water partition coefficient (Wildman–Crippen LogP) is 11.5. The van der Waals surface area contributed by atoms with Crippen molar-refractivity contribution in [1.82, 2.24) is 0 Å². The van der Waals surface area contributed by atoms with Crippen molar-refractivity contribution in [2.75, 3.05) is 38.9 Å².